The molecule has 0 saturated carbocycles. The number of hydrogen-bond acceptors (Lipinski definition) is 4. The molecule has 6 heteroatoms. The molecule has 5 nitrogen and oxygen atoms in total. The third-order valence-corrected chi connectivity index (χ3v) is 19.0. The van der Waals surface area contributed by atoms with Gasteiger partial charge in [0.1, 0.15) is 5.82 Å². The molecule has 0 amide bonds. The van der Waals surface area contributed by atoms with Gasteiger partial charge in [-0.15, -0.1) is 48.1 Å². The van der Waals surface area contributed by atoms with Crippen molar-refractivity contribution in [3.63, 3.8) is 0 Å². The van der Waals surface area contributed by atoms with Crippen molar-refractivity contribution >= 4 is 44.6 Å². The van der Waals surface area contributed by atoms with E-state index in [0.717, 1.165) is 117 Å². The topological polar surface area (TPSA) is 33.5 Å². The fraction of sp³-hybridized carbons (Fsp3) is 0.163. The van der Waals surface area contributed by atoms with Crippen LogP contribution in [0.25, 0.3) is 72.1 Å². The van der Waals surface area contributed by atoms with Gasteiger partial charge in [-0.3, -0.25) is 0 Å². The molecule has 0 bridgehead atoms. The van der Waals surface area contributed by atoms with E-state index in [1.165, 1.54) is 16.7 Å². The van der Waals surface area contributed by atoms with E-state index < -0.39 is 11.8 Å². The maximum Gasteiger partial charge on any atom is 0.135 e. The molecule has 1 spiro atoms. The molecule has 16 rings (SSSR count). The summed E-state index contributed by atoms with van der Waals surface area (Å²) in [6, 6.07) is 93.9. The van der Waals surface area contributed by atoms with E-state index in [2.05, 4.69) is 296 Å². The Kier molecular flexibility index (Phi) is 13.6. The molecule has 0 saturated heterocycles. The van der Waals surface area contributed by atoms with Gasteiger partial charge in [0.15, 0.2) is 0 Å². The van der Waals surface area contributed by atoms with Crippen LogP contribution in [0, 0.1) is 18.8 Å². The predicted octanol–water partition coefficient (Wildman–Crippen LogP) is 22.1. The van der Waals surface area contributed by atoms with E-state index in [1.54, 1.807) is 0 Å². The standard InChI is InChI=1S/C86H71N4O.Pt/c1-83(2,3)61-26-20-25-55(46-61)59-40-44-81(87-53-59)90-77-36-17-13-30-70(77)71-42-41-66(52-80(71)90)91-65-28-21-27-64(51-65)88-54-89(79-38-19-18-37-78(79)88)82-67(31-22-32-68(82)60-47-62(84(4,5)6)50-63(48-60)85(7,8)9)56-39-43-76-72(49-56)69-29-12-16-35-75(69)86(76)73-33-14-10-23-57(73)45-58-24-11-15-34-74(58)86;/h10-44,46-50,53-54H,45H2,1-9H3;/q-3;/i45D2;. The van der Waals surface area contributed by atoms with Crippen molar-refractivity contribution in [2.75, 3.05) is 9.80 Å². The van der Waals surface area contributed by atoms with Gasteiger partial charge in [0, 0.05) is 80.8 Å². The summed E-state index contributed by atoms with van der Waals surface area (Å²) in [5.41, 5.74) is 23.2. The van der Waals surface area contributed by atoms with Crippen LogP contribution in [0.3, 0.4) is 0 Å². The zero-order valence-corrected chi connectivity index (χ0v) is 55.5. The quantitative estimate of drug-likeness (QED) is 0.142. The molecule has 11 aromatic carbocycles. The minimum Gasteiger partial charge on any atom is -0.509 e. The SMILES string of the molecule is [2H]C1([2H])c2ccccc2C2(c3ccccc3-c3cc(-c4cccc(-c5cc(C(C)(C)C)cc(C(C)(C)C)c5)c4N4[CH-]N(c5[c-]c(Oc6[c-]c7c(cc6)c6ccccc6n7-c6ccc(-c7cccc(C(C)(C)C)c7)cn6)ccc5)c5ccccc54)ccc32)c2ccccc21.[Pt]. The Morgan fingerprint density at radius 2 is 1.02 bits per heavy atom. The second kappa shape index (κ2) is 22.1. The fourth-order valence-electron chi connectivity index (χ4n) is 14.3. The summed E-state index contributed by atoms with van der Waals surface area (Å²) in [5.74, 6) is 1.92. The summed E-state index contributed by atoms with van der Waals surface area (Å²) in [7, 11) is 0. The minimum atomic E-state index is -1.68. The first-order chi connectivity index (χ1) is 44.7. The first kappa shape index (κ1) is 56.4. The van der Waals surface area contributed by atoms with E-state index in [0.29, 0.717) is 22.6 Å². The van der Waals surface area contributed by atoms with Crippen LogP contribution < -0.4 is 14.5 Å². The zero-order chi connectivity index (χ0) is 63.9. The zero-order valence-electron chi connectivity index (χ0n) is 55.3. The third kappa shape index (κ3) is 9.65. The molecular formula is C86H71N4OPt-3. The van der Waals surface area contributed by atoms with Crippen molar-refractivity contribution in [3.05, 3.63) is 318 Å². The molecule has 0 fully saturated rings. The smallest absolute Gasteiger partial charge is 0.135 e. The second-order valence-electron chi connectivity index (χ2n) is 27.8. The molecule has 2 aromatic heterocycles. The Balaban J connectivity index is 0.00000729. The molecule has 2 aliphatic carbocycles. The van der Waals surface area contributed by atoms with Gasteiger partial charge in [-0.2, -0.15) is 12.1 Å². The molecule has 3 heterocycles. The van der Waals surface area contributed by atoms with E-state index in [1.807, 2.05) is 48.7 Å². The van der Waals surface area contributed by atoms with Gasteiger partial charge < -0.3 is 19.1 Å². The molecule has 13 aromatic rings. The average Bonchev–Trinajstić information content (AvgIpc) is 1.43. The summed E-state index contributed by atoms with van der Waals surface area (Å²) in [5, 5.41) is 2.17. The van der Waals surface area contributed by atoms with Gasteiger partial charge in [-0.1, -0.05) is 244 Å². The Morgan fingerprint density at radius 3 is 1.73 bits per heavy atom. The second-order valence-corrected chi connectivity index (χ2v) is 27.8. The molecule has 0 atom stereocenters. The van der Waals surface area contributed by atoms with Crippen molar-refractivity contribution in [1.29, 1.82) is 0 Å². The van der Waals surface area contributed by atoms with Crippen molar-refractivity contribution in [3.8, 4) is 61.8 Å². The van der Waals surface area contributed by atoms with Crippen LogP contribution in [0.1, 0.15) is 115 Å². The third-order valence-electron chi connectivity index (χ3n) is 19.0. The number of benzene rings is 11. The van der Waals surface area contributed by atoms with E-state index in [-0.39, 0.29) is 37.3 Å². The molecule has 0 unspecified atom stereocenters. The van der Waals surface area contributed by atoms with Gasteiger partial charge in [0.25, 0.3) is 0 Å². The average molecular weight is 1370 g/mol. The monoisotopic (exact) mass is 1370 g/mol. The number of para-hydroxylation sites is 4. The molecule has 92 heavy (non-hydrogen) atoms. The van der Waals surface area contributed by atoms with Crippen molar-refractivity contribution in [2.45, 2.75) is 90.3 Å². The van der Waals surface area contributed by atoms with E-state index in [4.69, 9.17) is 9.72 Å². The summed E-state index contributed by atoms with van der Waals surface area (Å²) in [6.45, 7) is 22.8. The van der Waals surface area contributed by atoms with Crippen LogP contribution in [-0.2, 0) is 49.1 Å². The van der Waals surface area contributed by atoms with E-state index in [9.17, 15) is 2.74 Å². The van der Waals surface area contributed by atoms with Gasteiger partial charge in [0.2, 0.25) is 0 Å². The number of aromatic nitrogens is 2. The number of anilines is 4. The van der Waals surface area contributed by atoms with E-state index >= 15 is 0 Å². The Bertz CT molecular complexity index is 5090. The van der Waals surface area contributed by atoms with Crippen molar-refractivity contribution in [2.24, 2.45) is 0 Å². The predicted molar refractivity (Wildman–Crippen MR) is 377 cm³/mol. The minimum absolute atomic E-state index is 0. The first-order valence-corrected chi connectivity index (χ1v) is 31.7. The van der Waals surface area contributed by atoms with Crippen LogP contribution >= 0.6 is 0 Å². The number of fused-ring (bicyclic) bond motifs is 13. The fourth-order valence-corrected chi connectivity index (χ4v) is 14.3. The number of hydrogen-bond donors (Lipinski definition) is 0. The molecule has 3 aliphatic rings. The maximum atomic E-state index is 9.67. The van der Waals surface area contributed by atoms with Crippen molar-refractivity contribution in [1.82, 2.24) is 9.55 Å². The molecule has 1 aliphatic heterocycles. The maximum absolute atomic E-state index is 9.67. The molecule has 454 valence electrons. The summed E-state index contributed by atoms with van der Waals surface area (Å²) >= 11 is 0. The molecular weight excluding hydrogens is 1300 g/mol. The molecule has 0 radical (unpaired) electrons. The number of nitrogens with zero attached hydrogens (tertiary/aromatic N) is 4. The number of ether oxygens (including phenoxy) is 1. The van der Waals surface area contributed by atoms with Crippen LogP contribution in [0.15, 0.2) is 249 Å². The summed E-state index contributed by atoms with van der Waals surface area (Å²) < 4.78 is 28.4. The summed E-state index contributed by atoms with van der Waals surface area (Å²) in [6.07, 6.45) is 0.288. The van der Waals surface area contributed by atoms with Crippen LogP contribution in [0.4, 0.5) is 22.7 Å². The Morgan fingerprint density at radius 1 is 0.446 bits per heavy atom. The Hall–Kier alpha value is -9.54. The van der Waals surface area contributed by atoms with Crippen LogP contribution in [-0.4, -0.2) is 9.55 Å². The first-order valence-electron chi connectivity index (χ1n) is 32.7. The van der Waals surface area contributed by atoms with Gasteiger partial charge in [-0.05, 0) is 142 Å². The normalized spacial score (nSPS) is 14.7. The number of pyridine rings is 1. The number of rotatable bonds is 8. The van der Waals surface area contributed by atoms with Gasteiger partial charge in [0.05, 0.1) is 5.41 Å². The van der Waals surface area contributed by atoms with Crippen molar-refractivity contribution < 1.29 is 28.5 Å². The largest absolute Gasteiger partial charge is 0.509 e. The van der Waals surface area contributed by atoms with Gasteiger partial charge >= 0.3 is 0 Å². The Labute approximate surface area is 558 Å². The molecule has 0 N–H and O–H groups in total. The van der Waals surface area contributed by atoms with Gasteiger partial charge in [-0.25, -0.2) is 4.98 Å². The van der Waals surface area contributed by atoms with Crippen LogP contribution in [0.5, 0.6) is 11.5 Å². The van der Waals surface area contributed by atoms with Crippen LogP contribution in [0.2, 0.25) is 0 Å². The summed E-state index contributed by atoms with van der Waals surface area (Å²) in [4.78, 5) is 9.71.